The molecule has 0 amide bonds. The van der Waals surface area contributed by atoms with Gasteiger partial charge in [0.25, 0.3) is 0 Å². The van der Waals surface area contributed by atoms with E-state index < -0.39 is 77.8 Å². The molecule has 0 bridgehead atoms. The lowest BCUT2D eigenvalue weighted by Gasteiger charge is -2.25. The fourth-order valence-corrected chi connectivity index (χ4v) is 1.47. The van der Waals surface area contributed by atoms with Crippen LogP contribution in [-0.4, -0.2) is 130 Å². The summed E-state index contributed by atoms with van der Waals surface area (Å²) in [7, 11) is 0. The Morgan fingerprint density at radius 2 is 0.733 bits per heavy atom. The second-order valence-electron chi connectivity index (χ2n) is 7.65. The summed E-state index contributed by atoms with van der Waals surface area (Å²) in [5.74, 6) is 0. The second-order valence-corrected chi connectivity index (χ2v) is 7.65. The average molecular weight is 967 g/mol. The summed E-state index contributed by atoms with van der Waals surface area (Å²) in [5.41, 5.74) is 8.83. The lowest BCUT2D eigenvalue weighted by molar-refractivity contribution is -0.548. The third-order valence-electron chi connectivity index (χ3n) is 3.63. The van der Waals surface area contributed by atoms with Crippen LogP contribution in [0.1, 0.15) is 59.4 Å². The summed E-state index contributed by atoms with van der Waals surface area (Å²) in [5, 5.41) is 0. The minimum absolute atomic E-state index is 0. The van der Waals surface area contributed by atoms with E-state index in [1.54, 1.807) is 0 Å². The normalized spacial score (nSPS) is 14.7. The number of rotatable bonds is 20. The van der Waals surface area contributed by atoms with Crippen molar-refractivity contribution in [3.63, 3.8) is 0 Å². The van der Waals surface area contributed by atoms with Gasteiger partial charge in [-0.1, -0.05) is 59.4 Å². The molecule has 32 heteroatoms. The van der Waals surface area contributed by atoms with E-state index in [9.17, 15) is 88.1 Å². The number of halogens is 20. The van der Waals surface area contributed by atoms with Crippen LogP contribution in [0.3, 0.4) is 0 Å². The van der Waals surface area contributed by atoms with E-state index in [1.807, 2.05) is 0 Å². The molecule has 2 aliphatic rings. The molecule has 2 rings (SSSR count). The standard InChI is InChI=1S/C5H9FO2.2C4H2F8O3.C4H7FO2.C2H6FN.CH4FN.8CH4/c6-1-2-7-3-5-4-8-5;2*5-1-13-4(10,11)14-2(6,7)3(8,9)15-12;5-3-6-1-4-2-7-4;3-1-2-4;2-1-3;;;;;;;;/h5H,1-4H2;2*1H2;4H,1-3H2;1-2,4H2;1,3H2;8*1H4. The highest BCUT2D eigenvalue weighted by Crippen LogP contribution is 2.41. The van der Waals surface area contributed by atoms with Gasteiger partial charge in [-0.3, -0.25) is 9.47 Å². The van der Waals surface area contributed by atoms with Crippen molar-refractivity contribution in [2.24, 2.45) is 11.5 Å². The molecule has 0 aromatic heterocycles. The first-order chi connectivity index (χ1) is 23.8. The second kappa shape index (κ2) is 46.6. The van der Waals surface area contributed by atoms with Gasteiger partial charge in [0, 0.05) is 6.54 Å². The largest absolute Gasteiger partial charge is 0.492 e. The van der Waals surface area contributed by atoms with Crippen LogP contribution in [0.2, 0.25) is 0 Å². The van der Waals surface area contributed by atoms with Gasteiger partial charge in [-0.05, 0) is 9.05 Å². The Hall–Kier alpha value is -1.88. The van der Waals surface area contributed by atoms with E-state index in [0.29, 0.717) is 13.2 Å². The Bertz CT molecular complexity index is 788. The molecule has 0 aromatic rings. The van der Waals surface area contributed by atoms with Crippen molar-refractivity contribution in [3.05, 3.63) is 0 Å². The first-order valence-electron chi connectivity index (χ1n) is 12.5. The van der Waals surface area contributed by atoms with E-state index in [-0.39, 0.29) is 84.8 Å². The summed E-state index contributed by atoms with van der Waals surface area (Å²) >= 11 is 0. The molecule has 4 N–H and O–H groups in total. The van der Waals surface area contributed by atoms with E-state index in [4.69, 9.17) is 14.2 Å². The molecule has 2 heterocycles. The van der Waals surface area contributed by atoms with Gasteiger partial charge >= 0.3 is 37.0 Å². The Morgan fingerprint density at radius 1 is 0.467 bits per heavy atom. The van der Waals surface area contributed by atoms with Crippen molar-refractivity contribution < 1.29 is 136 Å². The average Bonchev–Trinajstić information content (AvgIpc) is 3.97. The zero-order valence-electron chi connectivity index (χ0n) is 25.4. The summed E-state index contributed by atoms with van der Waals surface area (Å²) in [4.78, 5) is 2.87. The maximum absolute atomic E-state index is 12.0. The predicted octanol–water partition coefficient (Wildman–Crippen LogP) is 10.7. The molecular weight excluding hydrogens is 904 g/mol. The van der Waals surface area contributed by atoms with Gasteiger partial charge in [0.1, 0.15) is 32.4 Å². The summed E-state index contributed by atoms with van der Waals surface area (Å²) in [6, 6.07) is 0. The zero-order chi connectivity index (χ0) is 41.7. The minimum Gasteiger partial charge on any atom is -0.376 e. The Kier molecular flexibility index (Phi) is 69.3. The fourth-order valence-electron chi connectivity index (χ4n) is 1.47. The lowest BCUT2D eigenvalue weighted by atomic mass is 10.5. The molecule has 0 saturated carbocycles. The van der Waals surface area contributed by atoms with Crippen LogP contribution in [0.4, 0.5) is 88.1 Å². The third-order valence-corrected chi connectivity index (χ3v) is 3.63. The molecule has 0 aromatic carbocycles. The molecule has 12 nitrogen and oxygen atoms in total. The van der Waals surface area contributed by atoms with Crippen LogP contribution in [-0.2, 0) is 47.8 Å². The monoisotopic (exact) mass is 966 g/mol. The van der Waals surface area contributed by atoms with Crippen molar-refractivity contribution in [1.29, 1.82) is 0 Å². The van der Waals surface area contributed by atoms with Gasteiger partial charge in [0.05, 0.1) is 33.0 Å². The lowest BCUT2D eigenvalue weighted by Crippen LogP contribution is -2.48. The van der Waals surface area contributed by atoms with Crippen molar-refractivity contribution in [2.45, 2.75) is 109 Å². The summed E-state index contributed by atoms with van der Waals surface area (Å²) in [6.07, 6.45) is -34.3. The minimum atomic E-state index is -6.04. The van der Waals surface area contributed by atoms with Gasteiger partial charge in [0.15, 0.2) is 20.6 Å². The van der Waals surface area contributed by atoms with Crippen LogP contribution in [0.15, 0.2) is 0 Å². The third kappa shape index (κ3) is 50.5. The number of hydrogen-bond donors (Lipinski definition) is 2. The molecular formula is C28H62F20N2O10. The highest BCUT2D eigenvalue weighted by Gasteiger charge is 2.67. The van der Waals surface area contributed by atoms with E-state index in [1.165, 1.54) is 9.88 Å². The Balaban J connectivity index is -0.0000000478. The van der Waals surface area contributed by atoms with Gasteiger partial charge < -0.3 is 30.4 Å². The van der Waals surface area contributed by atoms with Gasteiger partial charge in [-0.2, -0.15) is 35.1 Å². The van der Waals surface area contributed by atoms with E-state index >= 15 is 0 Å². The van der Waals surface area contributed by atoms with Crippen molar-refractivity contribution in [2.75, 3.05) is 80.3 Å². The quantitative estimate of drug-likeness (QED) is 0.0393. The highest BCUT2D eigenvalue weighted by atomic mass is 19.4. The number of epoxide rings is 2. The first-order valence-corrected chi connectivity index (χ1v) is 12.5. The smallest absolute Gasteiger partial charge is 0.376 e. The van der Waals surface area contributed by atoms with Gasteiger partial charge in [-0.25, -0.2) is 35.8 Å². The molecule has 60 heavy (non-hydrogen) atoms. The molecule has 0 aliphatic carbocycles. The van der Waals surface area contributed by atoms with Crippen LogP contribution < -0.4 is 11.5 Å². The zero-order valence-corrected chi connectivity index (χ0v) is 25.4. The molecule has 384 valence electrons. The van der Waals surface area contributed by atoms with Crippen molar-refractivity contribution in [3.8, 4) is 0 Å². The van der Waals surface area contributed by atoms with Crippen LogP contribution >= 0.6 is 0 Å². The maximum Gasteiger partial charge on any atom is 0.492 e. The van der Waals surface area contributed by atoms with Gasteiger partial charge in [-0.15, -0.1) is 27.4 Å². The fraction of sp³-hybridized carbons (Fsp3) is 1.00. The van der Waals surface area contributed by atoms with E-state index in [2.05, 4.69) is 35.2 Å². The molecule has 0 radical (unpaired) electrons. The molecule has 2 atom stereocenters. The Labute approximate surface area is 337 Å². The molecule has 2 aliphatic heterocycles. The molecule has 2 fully saturated rings. The van der Waals surface area contributed by atoms with Crippen LogP contribution in [0.25, 0.3) is 0 Å². The molecule has 2 saturated heterocycles. The van der Waals surface area contributed by atoms with Crippen molar-refractivity contribution in [1.82, 2.24) is 0 Å². The van der Waals surface area contributed by atoms with Gasteiger partial charge in [0.2, 0.25) is 0 Å². The van der Waals surface area contributed by atoms with Crippen molar-refractivity contribution >= 4 is 0 Å². The predicted molar refractivity (Wildman–Crippen MR) is 178 cm³/mol. The molecule has 2 unspecified atom stereocenters. The number of alkyl halides is 18. The number of ether oxygens (including phenoxy) is 8. The number of nitrogens with two attached hydrogens (primary N) is 2. The highest BCUT2D eigenvalue weighted by molar-refractivity contribution is 4.68. The number of hydrogen-bond acceptors (Lipinski definition) is 12. The topological polar surface area (TPSA) is 151 Å². The van der Waals surface area contributed by atoms with E-state index in [0.717, 1.165) is 13.2 Å². The summed E-state index contributed by atoms with van der Waals surface area (Å²) < 4.78 is 258. The summed E-state index contributed by atoms with van der Waals surface area (Å²) in [6.45, 7) is -3.96. The Morgan fingerprint density at radius 3 is 0.917 bits per heavy atom. The van der Waals surface area contributed by atoms with Crippen LogP contribution in [0, 0.1) is 0 Å². The first kappa shape index (κ1) is 89.2. The SMILES string of the molecule is C.C.C.C.C.C.C.C.FCCOCC1CO1.FCOC(F)(F)OC(F)(F)C(F)(F)OF.FCOC(F)(F)OC(F)(F)C(F)(F)OF.FCOCC1CO1.NCCF.NCF. The maximum atomic E-state index is 12.0. The molecule has 0 spiro atoms. The van der Waals surface area contributed by atoms with Crippen LogP contribution in [0.5, 0.6) is 0 Å².